The van der Waals surface area contributed by atoms with Gasteiger partial charge in [-0.15, -0.1) is 11.3 Å². The maximum absolute atomic E-state index is 12.5. The molecule has 8 heteroatoms. The van der Waals surface area contributed by atoms with Crippen LogP contribution in [-0.2, 0) is 14.9 Å². The third-order valence-corrected chi connectivity index (χ3v) is 5.63. The number of urea groups is 1. The zero-order valence-electron chi connectivity index (χ0n) is 14.9. The fourth-order valence-corrected chi connectivity index (χ4v) is 3.75. The van der Waals surface area contributed by atoms with Crippen LogP contribution in [0, 0.1) is 5.92 Å². The number of aliphatic carboxylic acids is 1. The quantitative estimate of drug-likeness (QED) is 0.799. The van der Waals surface area contributed by atoms with E-state index in [2.05, 4.69) is 5.32 Å². The van der Waals surface area contributed by atoms with Crippen molar-refractivity contribution in [2.75, 3.05) is 25.5 Å². The number of carboxylic acids is 1. The Kier molecular flexibility index (Phi) is 5.72. The number of ether oxygens (including phenoxy) is 1. The number of nitrogens with one attached hydrogen (secondary N) is 1. The van der Waals surface area contributed by atoms with Gasteiger partial charge in [-0.3, -0.25) is 10.1 Å². The lowest BCUT2D eigenvalue weighted by Crippen LogP contribution is -2.44. The normalized spacial score (nSPS) is 17.9. The van der Waals surface area contributed by atoms with Crippen molar-refractivity contribution < 1.29 is 24.2 Å². The van der Waals surface area contributed by atoms with Crippen molar-refractivity contribution in [2.24, 2.45) is 5.92 Å². The number of piperidine rings is 1. The molecule has 1 aromatic heterocycles. The van der Waals surface area contributed by atoms with Crippen LogP contribution in [0.3, 0.4) is 0 Å². The van der Waals surface area contributed by atoms with E-state index in [-0.39, 0.29) is 12.0 Å². The number of thiophene rings is 1. The molecule has 1 unspecified atom stereocenters. The standard InChI is InChI=1S/C17H24N2O5S/c1-17(2,3)12-8-11(15(22)24-4)13(25-12)18-16(23)19-7-5-6-10(9-19)14(20)21/h8,10H,5-7,9H2,1-4H3,(H,18,23)(H,20,21). The molecule has 1 aliphatic heterocycles. The van der Waals surface area contributed by atoms with Gasteiger partial charge >= 0.3 is 18.0 Å². The molecule has 1 aromatic rings. The molecular formula is C17H24N2O5S. The molecule has 0 bridgehead atoms. The highest BCUT2D eigenvalue weighted by Crippen LogP contribution is 2.36. The van der Waals surface area contributed by atoms with Gasteiger partial charge in [-0.2, -0.15) is 0 Å². The molecule has 0 aliphatic carbocycles. The third-order valence-electron chi connectivity index (χ3n) is 4.15. The number of carbonyl (C=O) groups is 3. The average Bonchev–Trinajstić information content (AvgIpc) is 2.98. The zero-order chi connectivity index (χ0) is 18.8. The number of hydrogen-bond acceptors (Lipinski definition) is 5. The molecule has 2 heterocycles. The van der Waals surface area contributed by atoms with E-state index in [1.54, 1.807) is 6.07 Å². The molecule has 1 aliphatic rings. The van der Waals surface area contributed by atoms with Gasteiger partial charge < -0.3 is 14.7 Å². The first-order valence-corrected chi connectivity index (χ1v) is 8.96. The van der Waals surface area contributed by atoms with Crippen LogP contribution in [0.1, 0.15) is 48.8 Å². The second-order valence-electron chi connectivity index (χ2n) is 7.15. The second kappa shape index (κ2) is 7.43. The Bertz CT molecular complexity index is 677. The van der Waals surface area contributed by atoms with Crippen molar-refractivity contribution >= 4 is 34.3 Å². The lowest BCUT2D eigenvalue weighted by molar-refractivity contribution is -0.143. The van der Waals surface area contributed by atoms with Crippen LogP contribution in [0.2, 0.25) is 0 Å². The van der Waals surface area contributed by atoms with E-state index in [1.165, 1.54) is 23.3 Å². The van der Waals surface area contributed by atoms with E-state index in [1.807, 2.05) is 20.8 Å². The summed E-state index contributed by atoms with van der Waals surface area (Å²) in [6.45, 7) is 6.74. The van der Waals surface area contributed by atoms with Crippen molar-refractivity contribution in [2.45, 2.75) is 39.0 Å². The molecule has 1 atom stereocenters. The molecule has 1 fully saturated rings. The van der Waals surface area contributed by atoms with E-state index in [9.17, 15) is 14.4 Å². The smallest absolute Gasteiger partial charge is 0.340 e. The maximum Gasteiger partial charge on any atom is 0.340 e. The van der Waals surface area contributed by atoms with Gasteiger partial charge in [-0.25, -0.2) is 9.59 Å². The molecule has 0 aromatic carbocycles. The highest BCUT2D eigenvalue weighted by atomic mass is 32.1. The number of carbonyl (C=O) groups excluding carboxylic acids is 2. The third kappa shape index (κ3) is 4.50. The van der Waals surface area contributed by atoms with Crippen molar-refractivity contribution in [3.8, 4) is 0 Å². The summed E-state index contributed by atoms with van der Waals surface area (Å²) >= 11 is 1.33. The maximum atomic E-state index is 12.5. The van der Waals surface area contributed by atoms with E-state index < -0.39 is 23.9 Å². The Labute approximate surface area is 151 Å². The molecule has 2 rings (SSSR count). The lowest BCUT2D eigenvalue weighted by Gasteiger charge is -2.30. The molecule has 7 nitrogen and oxygen atoms in total. The van der Waals surface area contributed by atoms with Crippen LogP contribution in [0.4, 0.5) is 9.80 Å². The fourth-order valence-electron chi connectivity index (χ4n) is 2.65. The molecule has 1 saturated heterocycles. The zero-order valence-corrected chi connectivity index (χ0v) is 15.7. The van der Waals surface area contributed by atoms with Gasteiger partial charge in [-0.1, -0.05) is 20.8 Å². The molecule has 2 N–H and O–H groups in total. The summed E-state index contributed by atoms with van der Waals surface area (Å²) in [4.78, 5) is 38.1. The number of nitrogens with zero attached hydrogens (tertiary/aromatic N) is 1. The van der Waals surface area contributed by atoms with Gasteiger partial charge in [0.15, 0.2) is 0 Å². The highest BCUT2D eigenvalue weighted by Gasteiger charge is 2.30. The van der Waals surface area contributed by atoms with Gasteiger partial charge in [0.2, 0.25) is 0 Å². The predicted molar refractivity (Wildman–Crippen MR) is 95.3 cm³/mol. The average molecular weight is 368 g/mol. The monoisotopic (exact) mass is 368 g/mol. The molecule has 0 saturated carbocycles. The summed E-state index contributed by atoms with van der Waals surface area (Å²) in [6.07, 6.45) is 1.21. The topological polar surface area (TPSA) is 95.9 Å². The van der Waals surface area contributed by atoms with Gasteiger partial charge in [0.1, 0.15) is 5.00 Å². The van der Waals surface area contributed by atoms with Crippen LogP contribution < -0.4 is 5.32 Å². The van der Waals surface area contributed by atoms with Crippen LogP contribution in [-0.4, -0.2) is 48.2 Å². The van der Waals surface area contributed by atoms with Gasteiger partial charge in [0, 0.05) is 18.0 Å². The van der Waals surface area contributed by atoms with Crippen molar-refractivity contribution in [3.63, 3.8) is 0 Å². The van der Waals surface area contributed by atoms with Gasteiger partial charge in [0.05, 0.1) is 18.6 Å². The summed E-state index contributed by atoms with van der Waals surface area (Å²) in [6, 6.07) is 1.35. The molecule has 0 spiro atoms. The molecule has 0 radical (unpaired) electrons. The number of likely N-dealkylation sites (tertiary alicyclic amines) is 1. The number of esters is 1. The predicted octanol–water partition coefficient (Wildman–Crippen LogP) is 3.16. The summed E-state index contributed by atoms with van der Waals surface area (Å²) in [7, 11) is 1.30. The summed E-state index contributed by atoms with van der Waals surface area (Å²) in [5, 5.41) is 12.3. The van der Waals surface area contributed by atoms with Crippen molar-refractivity contribution in [1.82, 2.24) is 4.90 Å². The minimum Gasteiger partial charge on any atom is -0.481 e. The molecule has 2 amide bonds. The number of amides is 2. The highest BCUT2D eigenvalue weighted by molar-refractivity contribution is 7.16. The Morgan fingerprint density at radius 3 is 2.60 bits per heavy atom. The fraction of sp³-hybridized carbons (Fsp3) is 0.588. The Hall–Kier alpha value is -2.09. The number of rotatable bonds is 3. The van der Waals surface area contributed by atoms with E-state index in [0.717, 1.165) is 4.88 Å². The first-order chi connectivity index (χ1) is 11.6. The van der Waals surface area contributed by atoms with Crippen LogP contribution >= 0.6 is 11.3 Å². The molecule has 138 valence electrons. The summed E-state index contributed by atoms with van der Waals surface area (Å²) < 4.78 is 4.80. The number of carboxylic acid groups (broad SMARTS) is 1. The van der Waals surface area contributed by atoms with Crippen molar-refractivity contribution in [1.29, 1.82) is 0 Å². The Balaban J connectivity index is 2.20. The number of anilines is 1. The largest absolute Gasteiger partial charge is 0.481 e. The second-order valence-corrected chi connectivity index (χ2v) is 8.20. The minimum absolute atomic E-state index is 0.171. The first kappa shape index (κ1) is 19.2. The number of hydrogen-bond donors (Lipinski definition) is 2. The van der Waals surface area contributed by atoms with Gasteiger partial charge in [-0.05, 0) is 24.3 Å². The first-order valence-electron chi connectivity index (χ1n) is 8.15. The molecule has 25 heavy (non-hydrogen) atoms. The summed E-state index contributed by atoms with van der Waals surface area (Å²) in [5.74, 6) is -1.95. The van der Waals surface area contributed by atoms with Crippen LogP contribution in [0.5, 0.6) is 0 Å². The van der Waals surface area contributed by atoms with Gasteiger partial charge in [0.25, 0.3) is 0 Å². The van der Waals surface area contributed by atoms with E-state index in [0.29, 0.717) is 30.0 Å². The van der Waals surface area contributed by atoms with Crippen LogP contribution in [0.15, 0.2) is 6.07 Å². The van der Waals surface area contributed by atoms with Crippen molar-refractivity contribution in [3.05, 3.63) is 16.5 Å². The molecular weight excluding hydrogens is 344 g/mol. The summed E-state index contributed by atoms with van der Waals surface area (Å²) in [5.41, 5.74) is 0.147. The SMILES string of the molecule is COC(=O)c1cc(C(C)(C)C)sc1NC(=O)N1CCCC(C(=O)O)C1. The number of methoxy groups -OCH3 is 1. The van der Waals surface area contributed by atoms with E-state index in [4.69, 9.17) is 9.84 Å². The Morgan fingerprint density at radius 2 is 2.04 bits per heavy atom. The minimum atomic E-state index is -0.890. The van der Waals surface area contributed by atoms with Crippen LogP contribution in [0.25, 0.3) is 0 Å². The van der Waals surface area contributed by atoms with E-state index >= 15 is 0 Å². The Morgan fingerprint density at radius 1 is 1.36 bits per heavy atom. The lowest BCUT2D eigenvalue weighted by atomic mass is 9.94.